The third kappa shape index (κ3) is 4.17. The predicted molar refractivity (Wildman–Crippen MR) is 72.6 cm³/mol. The largest absolute Gasteiger partial charge is 0.480 e. The summed E-state index contributed by atoms with van der Waals surface area (Å²) in [5, 5.41) is 9.20. The fraction of sp³-hybridized carbons (Fsp3) is 0.833. The number of carbonyl (C=O) groups excluding carboxylic acids is 1. The average molecular weight is 274 g/mol. The van der Waals surface area contributed by atoms with Crippen molar-refractivity contribution in [2.45, 2.75) is 44.2 Å². The Balaban J connectivity index is 2.68. The lowest BCUT2D eigenvalue weighted by Gasteiger charge is -2.29. The van der Waals surface area contributed by atoms with Crippen LogP contribution in [0.5, 0.6) is 0 Å². The summed E-state index contributed by atoms with van der Waals surface area (Å²) in [6.45, 7) is 0.517. The summed E-state index contributed by atoms with van der Waals surface area (Å²) in [7, 11) is 0. The van der Waals surface area contributed by atoms with Crippen LogP contribution in [0.1, 0.15) is 32.1 Å². The summed E-state index contributed by atoms with van der Waals surface area (Å²) in [5.74, 6) is -0.306. The Morgan fingerprint density at radius 2 is 2.17 bits per heavy atom. The van der Waals surface area contributed by atoms with Crippen LogP contribution >= 0.6 is 11.8 Å². The van der Waals surface area contributed by atoms with Crippen molar-refractivity contribution in [2.75, 3.05) is 18.6 Å². The minimum atomic E-state index is -0.915. The van der Waals surface area contributed by atoms with Crippen molar-refractivity contribution in [3.8, 4) is 0 Å². The summed E-state index contributed by atoms with van der Waals surface area (Å²) in [6.07, 6.45) is 5.81. The van der Waals surface area contributed by atoms with Gasteiger partial charge in [0.05, 0.1) is 6.04 Å². The van der Waals surface area contributed by atoms with Crippen LogP contribution in [0.2, 0.25) is 0 Å². The van der Waals surface area contributed by atoms with Gasteiger partial charge in [-0.05, 0) is 31.3 Å². The molecule has 2 atom stereocenters. The van der Waals surface area contributed by atoms with Gasteiger partial charge in [-0.15, -0.1) is 0 Å². The van der Waals surface area contributed by atoms with E-state index in [4.69, 9.17) is 5.73 Å². The van der Waals surface area contributed by atoms with Crippen LogP contribution in [0.3, 0.4) is 0 Å². The van der Waals surface area contributed by atoms with Crippen molar-refractivity contribution in [2.24, 2.45) is 5.73 Å². The van der Waals surface area contributed by atoms with Crippen LogP contribution in [0.15, 0.2) is 0 Å². The first-order valence-electron chi connectivity index (χ1n) is 6.35. The normalized spacial score (nSPS) is 22.3. The molecule has 1 saturated heterocycles. The highest BCUT2D eigenvalue weighted by Gasteiger charge is 2.32. The van der Waals surface area contributed by atoms with Gasteiger partial charge in [0.1, 0.15) is 6.04 Å². The number of carbonyl (C=O) groups is 2. The molecule has 0 radical (unpaired) electrons. The minimum Gasteiger partial charge on any atom is -0.480 e. The van der Waals surface area contributed by atoms with Crippen molar-refractivity contribution in [1.29, 1.82) is 0 Å². The maximum Gasteiger partial charge on any atom is 0.326 e. The number of nitrogens with zero attached hydrogens (tertiary/aromatic N) is 1. The third-order valence-electron chi connectivity index (χ3n) is 3.27. The first-order chi connectivity index (χ1) is 8.57. The SMILES string of the molecule is CSCC[C@H](N)C(=O)N1CCCCCC1C(=O)O. The molecule has 6 heteroatoms. The standard InChI is InChI=1S/C12H22N2O3S/c1-18-8-6-9(13)11(15)14-7-4-2-3-5-10(14)12(16)17/h9-10H,2-8,13H2,1H3,(H,16,17)/t9-,10?/m0/s1. The number of carboxylic acids is 1. The predicted octanol–water partition coefficient (Wildman–Crippen LogP) is 0.923. The molecule has 3 N–H and O–H groups in total. The van der Waals surface area contributed by atoms with Crippen molar-refractivity contribution >= 4 is 23.6 Å². The van der Waals surface area contributed by atoms with Gasteiger partial charge < -0.3 is 15.7 Å². The Morgan fingerprint density at radius 3 is 2.78 bits per heavy atom. The Hall–Kier alpha value is -0.750. The van der Waals surface area contributed by atoms with E-state index >= 15 is 0 Å². The zero-order valence-corrected chi connectivity index (χ0v) is 11.6. The number of nitrogens with two attached hydrogens (primary N) is 1. The first kappa shape index (κ1) is 15.3. The van der Waals surface area contributed by atoms with Crippen LogP contribution in [-0.4, -0.2) is 52.5 Å². The van der Waals surface area contributed by atoms with Crippen LogP contribution in [0.25, 0.3) is 0 Å². The molecule has 1 fully saturated rings. The monoisotopic (exact) mass is 274 g/mol. The van der Waals surface area contributed by atoms with E-state index in [2.05, 4.69) is 0 Å². The lowest BCUT2D eigenvalue weighted by Crippen LogP contribution is -2.51. The van der Waals surface area contributed by atoms with E-state index in [9.17, 15) is 14.7 Å². The molecule has 18 heavy (non-hydrogen) atoms. The van der Waals surface area contributed by atoms with E-state index in [1.807, 2.05) is 6.26 Å². The van der Waals surface area contributed by atoms with E-state index < -0.39 is 18.1 Å². The number of thioether (sulfide) groups is 1. The zero-order chi connectivity index (χ0) is 13.5. The lowest BCUT2D eigenvalue weighted by molar-refractivity contribution is -0.150. The van der Waals surface area contributed by atoms with Crippen LogP contribution in [0, 0.1) is 0 Å². The molecule has 1 unspecified atom stereocenters. The molecule has 0 aliphatic carbocycles. The highest BCUT2D eigenvalue weighted by Crippen LogP contribution is 2.18. The van der Waals surface area contributed by atoms with Gasteiger partial charge in [0.15, 0.2) is 0 Å². The second-order valence-electron chi connectivity index (χ2n) is 4.62. The summed E-state index contributed by atoms with van der Waals surface area (Å²) >= 11 is 1.64. The maximum absolute atomic E-state index is 12.2. The molecular formula is C12H22N2O3S. The second-order valence-corrected chi connectivity index (χ2v) is 5.61. The number of aliphatic carboxylic acids is 1. The van der Waals surface area contributed by atoms with E-state index in [0.29, 0.717) is 19.4 Å². The fourth-order valence-electron chi connectivity index (χ4n) is 2.21. The summed E-state index contributed by atoms with van der Waals surface area (Å²) in [5.41, 5.74) is 5.85. The number of hydrogen-bond donors (Lipinski definition) is 2. The van der Waals surface area contributed by atoms with E-state index in [0.717, 1.165) is 25.0 Å². The molecule has 0 spiro atoms. The molecule has 0 saturated carbocycles. The smallest absolute Gasteiger partial charge is 0.326 e. The van der Waals surface area contributed by atoms with E-state index in [-0.39, 0.29) is 5.91 Å². The number of rotatable bonds is 5. The molecule has 1 aliphatic heterocycles. The van der Waals surface area contributed by atoms with E-state index in [1.54, 1.807) is 11.8 Å². The van der Waals surface area contributed by atoms with Gasteiger partial charge >= 0.3 is 5.97 Å². The Labute approximate surface area is 112 Å². The van der Waals surface area contributed by atoms with Crippen molar-refractivity contribution in [1.82, 2.24) is 4.90 Å². The lowest BCUT2D eigenvalue weighted by atomic mass is 10.1. The van der Waals surface area contributed by atoms with E-state index in [1.165, 1.54) is 4.90 Å². The molecule has 5 nitrogen and oxygen atoms in total. The van der Waals surface area contributed by atoms with Gasteiger partial charge in [0.25, 0.3) is 0 Å². The quantitative estimate of drug-likeness (QED) is 0.779. The highest BCUT2D eigenvalue weighted by molar-refractivity contribution is 7.98. The molecule has 0 aromatic carbocycles. The summed E-state index contributed by atoms with van der Waals surface area (Å²) in [4.78, 5) is 24.9. The maximum atomic E-state index is 12.2. The van der Waals surface area contributed by atoms with Crippen LogP contribution in [0.4, 0.5) is 0 Å². The molecule has 104 valence electrons. The topological polar surface area (TPSA) is 83.6 Å². The van der Waals surface area contributed by atoms with Crippen molar-refractivity contribution in [3.63, 3.8) is 0 Å². The van der Waals surface area contributed by atoms with Crippen LogP contribution < -0.4 is 5.73 Å². The van der Waals surface area contributed by atoms with Gasteiger partial charge in [0.2, 0.25) is 5.91 Å². The van der Waals surface area contributed by atoms with Gasteiger partial charge in [-0.2, -0.15) is 11.8 Å². The number of carboxylic acid groups (broad SMARTS) is 1. The third-order valence-corrected chi connectivity index (χ3v) is 3.92. The number of likely N-dealkylation sites (tertiary alicyclic amines) is 1. The molecule has 0 aromatic rings. The Morgan fingerprint density at radius 1 is 1.44 bits per heavy atom. The molecule has 1 heterocycles. The Kier molecular flexibility index (Phi) is 6.49. The van der Waals surface area contributed by atoms with Crippen molar-refractivity contribution < 1.29 is 14.7 Å². The van der Waals surface area contributed by atoms with Crippen molar-refractivity contribution in [3.05, 3.63) is 0 Å². The number of amides is 1. The Bertz CT molecular complexity index is 299. The zero-order valence-electron chi connectivity index (χ0n) is 10.8. The molecule has 1 amide bonds. The van der Waals surface area contributed by atoms with Gasteiger partial charge in [-0.1, -0.05) is 12.8 Å². The van der Waals surface area contributed by atoms with Gasteiger partial charge in [0, 0.05) is 6.54 Å². The van der Waals surface area contributed by atoms with Gasteiger partial charge in [-0.3, -0.25) is 4.79 Å². The van der Waals surface area contributed by atoms with Crippen LogP contribution in [-0.2, 0) is 9.59 Å². The minimum absolute atomic E-state index is 0.210. The molecule has 0 bridgehead atoms. The first-order valence-corrected chi connectivity index (χ1v) is 7.75. The molecular weight excluding hydrogens is 252 g/mol. The molecule has 1 aliphatic rings. The van der Waals surface area contributed by atoms with Gasteiger partial charge in [-0.25, -0.2) is 4.79 Å². The second kappa shape index (κ2) is 7.63. The summed E-state index contributed by atoms with van der Waals surface area (Å²) < 4.78 is 0. The average Bonchev–Trinajstić information content (AvgIpc) is 2.60. The highest BCUT2D eigenvalue weighted by atomic mass is 32.2. The molecule has 0 aromatic heterocycles. The summed E-state index contributed by atoms with van der Waals surface area (Å²) in [6, 6.07) is -1.27. The number of hydrogen-bond acceptors (Lipinski definition) is 4. The fourth-order valence-corrected chi connectivity index (χ4v) is 2.70. The molecule has 1 rings (SSSR count).